The van der Waals surface area contributed by atoms with Crippen LogP contribution in [-0.4, -0.2) is 34.9 Å². The molecule has 1 atom stereocenters. The Labute approximate surface area is 136 Å². The lowest BCUT2D eigenvalue weighted by molar-refractivity contribution is -0.141. The van der Waals surface area contributed by atoms with Crippen molar-refractivity contribution < 1.29 is 18.0 Å². The minimum Gasteiger partial charge on any atom is -0.334 e. The first-order chi connectivity index (χ1) is 11.4. The third-order valence-corrected chi connectivity index (χ3v) is 3.66. The molecule has 0 aliphatic carbocycles. The molecule has 1 aromatic heterocycles. The van der Waals surface area contributed by atoms with E-state index in [9.17, 15) is 18.0 Å². The molecule has 0 saturated carbocycles. The summed E-state index contributed by atoms with van der Waals surface area (Å²) in [5.41, 5.74) is 0.0658. The SMILES string of the molecule is O=C(Nc1ccc(-n2ccc(C(F)(F)F)n2)cc1)NC1CCNC1. The van der Waals surface area contributed by atoms with Crippen LogP contribution < -0.4 is 16.0 Å². The fourth-order valence-corrected chi connectivity index (χ4v) is 2.45. The van der Waals surface area contributed by atoms with Crippen LogP contribution in [0.3, 0.4) is 0 Å². The normalized spacial score (nSPS) is 17.7. The summed E-state index contributed by atoms with van der Waals surface area (Å²) in [7, 11) is 0. The molecular weight excluding hydrogens is 323 g/mol. The smallest absolute Gasteiger partial charge is 0.334 e. The van der Waals surface area contributed by atoms with Crippen LogP contribution in [-0.2, 0) is 6.18 Å². The van der Waals surface area contributed by atoms with Gasteiger partial charge in [-0.3, -0.25) is 0 Å². The number of alkyl halides is 3. The van der Waals surface area contributed by atoms with E-state index in [0.29, 0.717) is 11.4 Å². The molecule has 0 spiro atoms. The van der Waals surface area contributed by atoms with E-state index >= 15 is 0 Å². The number of carbonyl (C=O) groups excluding carboxylic acids is 1. The lowest BCUT2D eigenvalue weighted by atomic mass is 10.2. The van der Waals surface area contributed by atoms with Gasteiger partial charge in [0.2, 0.25) is 0 Å². The number of anilines is 1. The van der Waals surface area contributed by atoms with Crippen molar-refractivity contribution in [1.82, 2.24) is 20.4 Å². The molecule has 9 heteroatoms. The Hall–Kier alpha value is -2.55. The van der Waals surface area contributed by atoms with Crippen molar-refractivity contribution in [3.63, 3.8) is 0 Å². The molecule has 1 aliphatic heterocycles. The number of benzene rings is 1. The molecule has 1 fully saturated rings. The molecule has 1 unspecified atom stereocenters. The Morgan fingerprint density at radius 3 is 2.58 bits per heavy atom. The minimum absolute atomic E-state index is 0.106. The van der Waals surface area contributed by atoms with Gasteiger partial charge in [0.1, 0.15) is 0 Å². The van der Waals surface area contributed by atoms with Crippen molar-refractivity contribution in [3.8, 4) is 5.69 Å². The molecule has 128 valence electrons. The van der Waals surface area contributed by atoms with Crippen LogP contribution in [0.4, 0.5) is 23.7 Å². The molecule has 2 amide bonds. The maximum absolute atomic E-state index is 12.6. The average Bonchev–Trinajstić information content (AvgIpc) is 3.18. The highest BCUT2D eigenvalue weighted by atomic mass is 19.4. The maximum Gasteiger partial charge on any atom is 0.435 e. The summed E-state index contributed by atoms with van der Waals surface area (Å²) < 4.78 is 38.8. The highest BCUT2D eigenvalue weighted by molar-refractivity contribution is 5.89. The number of carbonyl (C=O) groups is 1. The Morgan fingerprint density at radius 2 is 2.00 bits per heavy atom. The first-order valence-electron chi connectivity index (χ1n) is 7.43. The molecule has 1 saturated heterocycles. The van der Waals surface area contributed by atoms with E-state index in [1.807, 2.05) is 0 Å². The standard InChI is InChI=1S/C15H16F3N5O/c16-15(17,18)13-6-8-23(22-13)12-3-1-10(2-4-12)20-14(24)21-11-5-7-19-9-11/h1-4,6,8,11,19H,5,7,9H2,(H2,20,21,24). The Kier molecular flexibility index (Phi) is 4.43. The van der Waals surface area contributed by atoms with Crippen molar-refractivity contribution in [1.29, 1.82) is 0 Å². The number of nitrogens with one attached hydrogen (secondary N) is 3. The number of hydrogen-bond acceptors (Lipinski definition) is 3. The van der Waals surface area contributed by atoms with Gasteiger partial charge in [0, 0.05) is 24.5 Å². The van der Waals surface area contributed by atoms with Crippen molar-refractivity contribution in [2.45, 2.75) is 18.6 Å². The van der Waals surface area contributed by atoms with Crippen LogP contribution in [0, 0.1) is 0 Å². The van der Waals surface area contributed by atoms with Crippen LogP contribution in [0.1, 0.15) is 12.1 Å². The quantitative estimate of drug-likeness (QED) is 0.804. The summed E-state index contributed by atoms with van der Waals surface area (Å²) in [6.07, 6.45) is -2.35. The fourth-order valence-electron chi connectivity index (χ4n) is 2.45. The van der Waals surface area contributed by atoms with E-state index in [2.05, 4.69) is 21.0 Å². The summed E-state index contributed by atoms with van der Waals surface area (Å²) in [4.78, 5) is 11.8. The molecule has 3 N–H and O–H groups in total. The second kappa shape index (κ2) is 6.52. The van der Waals surface area contributed by atoms with Crippen molar-refractivity contribution in [3.05, 3.63) is 42.2 Å². The minimum atomic E-state index is -4.47. The molecule has 6 nitrogen and oxygen atoms in total. The van der Waals surface area contributed by atoms with Gasteiger partial charge in [-0.1, -0.05) is 0 Å². The highest BCUT2D eigenvalue weighted by Crippen LogP contribution is 2.28. The third-order valence-electron chi connectivity index (χ3n) is 3.66. The molecular formula is C15H16F3N5O. The van der Waals surface area contributed by atoms with Crippen molar-refractivity contribution in [2.24, 2.45) is 0 Å². The van der Waals surface area contributed by atoms with Gasteiger partial charge >= 0.3 is 12.2 Å². The lowest BCUT2D eigenvalue weighted by Crippen LogP contribution is -2.39. The van der Waals surface area contributed by atoms with Gasteiger partial charge in [-0.2, -0.15) is 18.3 Å². The summed E-state index contributed by atoms with van der Waals surface area (Å²) in [5, 5.41) is 12.2. The van der Waals surface area contributed by atoms with E-state index in [-0.39, 0.29) is 12.1 Å². The van der Waals surface area contributed by atoms with Gasteiger partial charge in [0.05, 0.1) is 5.69 Å². The van der Waals surface area contributed by atoms with Gasteiger partial charge in [0.15, 0.2) is 5.69 Å². The molecule has 0 bridgehead atoms. The van der Waals surface area contributed by atoms with Crippen LogP contribution >= 0.6 is 0 Å². The first-order valence-corrected chi connectivity index (χ1v) is 7.43. The molecule has 2 aromatic rings. The lowest BCUT2D eigenvalue weighted by Gasteiger charge is -2.12. The van der Waals surface area contributed by atoms with Crippen LogP contribution in [0.5, 0.6) is 0 Å². The monoisotopic (exact) mass is 339 g/mol. The number of hydrogen-bond donors (Lipinski definition) is 3. The predicted octanol–water partition coefficient (Wildman–Crippen LogP) is 2.37. The highest BCUT2D eigenvalue weighted by Gasteiger charge is 2.33. The summed E-state index contributed by atoms with van der Waals surface area (Å²) in [5.74, 6) is 0. The number of amides is 2. The van der Waals surface area contributed by atoms with E-state index in [4.69, 9.17) is 0 Å². The molecule has 24 heavy (non-hydrogen) atoms. The van der Waals surface area contributed by atoms with Crippen LogP contribution in [0.25, 0.3) is 5.69 Å². The first kappa shape index (κ1) is 16.3. The number of aromatic nitrogens is 2. The largest absolute Gasteiger partial charge is 0.435 e. The second-order valence-corrected chi connectivity index (χ2v) is 5.48. The number of halogens is 3. The van der Waals surface area contributed by atoms with E-state index in [1.165, 1.54) is 6.20 Å². The van der Waals surface area contributed by atoms with E-state index < -0.39 is 11.9 Å². The maximum atomic E-state index is 12.6. The molecule has 1 aromatic carbocycles. The number of urea groups is 1. The zero-order valence-corrected chi connectivity index (χ0v) is 12.6. The number of nitrogens with zero attached hydrogens (tertiary/aromatic N) is 2. The van der Waals surface area contributed by atoms with Crippen LogP contribution in [0.15, 0.2) is 36.5 Å². The zero-order valence-electron chi connectivity index (χ0n) is 12.6. The molecule has 2 heterocycles. The topological polar surface area (TPSA) is 71.0 Å². The third kappa shape index (κ3) is 3.85. The fraction of sp³-hybridized carbons (Fsp3) is 0.333. The molecule has 0 radical (unpaired) electrons. The van der Waals surface area contributed by atoms with E-state index in [0.717, 1.165) is 30.3 Å². The van der Waals surface area contributed by atoms with Gasteiger partial charge in [-0.15, -0.1) is 0 Å². The molecule has 3 rings (SSSR count). The zero-order chi connectivity index (χ0) is 17.2. The van der Waals surface area contributed by atoms with Crippen molar-refractivity contribution >= 4 is 11.7 Å². The Morgan fingerprint density at radius 1 is 1.25 bits per heavy atom. The van der Waals surface area contributed by atoms with Gasteiger partial charge in [0.25, 0.3) is 0 Å². The Bertz CT molecular complexity index is 705. The van der Waals surface area contributed by atoms with Gasteiger partial charge < -0.3 is 16.0 Å². The molecule has 1 aliphatic rings. The van der Waals surface area contributed by atoms with Gasteiger partial charge in [-0.05, 0) is 43.3 Å². The second-order valence-electron chi connectivity index (χ2n) is 5.48. The van der Waals surface area contributed by atoms with Crippen molar-refractivity contribution in [2.75, 3.05) is 18.4 Å². The van der Waals surface area contributed by atoms with Crippen LogP contribution in [0.2, 0.25) is 0 Å². The van der Waals surface area contributed by atoms with Gasteiger partial charge in [-0.25, -0.2) is 9.48 Å². The summed E-state index contributed by atoms with van der Waals surface area (Å²) in [6, 6.07) is 7.09. The van der Waals surface area contributed by atoms with E-state index in [1.54, 1.807) is 24.3 Å². The number of rotatable bonds is 3. The Balaban J connectivity index is 1.62. The predicted molar refractivity (Wildman–Crippen MR) is 82.0 cm³/mol. The summed E-state index contributed by atoms with van der Waals surface area (Å²) in [6.45, 7) is 1.62. The summed E-state index contributed by atoms with van der Waals surface area (Å²) >= 11 is 0. The average molecular weight is 339 g/mol.